The molecule has 0 fully saturated rings. The van der Waals surface area contributed by atoms with Crippen molar-refractivity contribution in [2.75, 3.05) is 5.73 Å². The van der Waals surface area contributed by atoms with E-state index in [0.29, 0.717) is 17.0 Å². The molecule has 2 heterocycles. The van der Waals surface area contributed by atoms with Crippen LogP contribution < -0.4 is 11.3 Å². The predicted molar refractivity (Wildman–Crippen MR) is 62.2 cm³/mol. The van der Waals surface area contributed by atoms with Gasteiger partial charge < -0.3 is 10.3 Å². The number of nitrogen functional groups attached to an aromatic ring is 1. The van der Waals surface area contributed by atoms with Gasteiger partial charge >= 0.3 is 0 Å². The Bertz CT molecular complexity index is 602. The molecule has 0 aliphatic carbocycles. The molecule has 0 aliphatic rings. The highest BCUT2D eigenvalue weighted by molar-refractivity contribution is 5.76. The van der Waals surface area contributed by atoms with Gasteiger partial charge in [0.15, 0.2) is 0 Å². The number of hydrogen-bond donors (Lipinski definition) is 1. The van der Waals surface area contributed by atoms with E-state index in [1.807, 2.05) is 20.8 Å². The summed E-state index contributed by atoms with van der Waals surface area (Å²) in [5.41, 5.74) is 6.15. The second-order valence-corrected chi connectivity index (χ2v) is 4.80. The largest absolute Gasteiger partial charge is 0.369 e. The van der Waals surface area contributed by atoms with Crippen LogP contribution in [0.2, 0.25) is 0 Å². The minimum atomic E-state index is -0.357. The number of imidazole rings is 1. The minimum absolute atomic E-state index is 0.170. The maximum atomic E-state index is 12.2. The Kier molecular flexibility index (Phi) is 2.04. The van der Waals surface area contributed by atoms with Crippen molar-refractivity contribution in [1.29, 1.82) is 0 Å². The molecule has 0 radical (unpaired) electrons. The highest BCUT2D eigenvalue weighted by Crippen LogP contribution is 2.14. The van der Waals surface area contributed by atoms with Crippen LogP contribution in [0.3, 0.4) is 0 Å². The monoisotopic (exact) mass is 221 g/mol. The Labute approximate surface area is 92.7 Å². The Morgan fingerprint density at radius 1 is 1.38 bits per heavy atom. The highest BCUT2D eigenvalue weighted by Gasteiger charge is 2.19. The first-order chi connectivity index (χ1) is 7.32. The first-order valence-corrected chi connectivity index (χ1v) is 5.03. The quantitative estimate of drug-likeness (QED) is 0.701. The van der Waals surface area contributed by atoms with E-state index < -0.39 is 0 Å². The van der Waals surface area contributed by atoms with Gasteiger partial charge in [-0.15, -0.1) is 0 Å². The Morgan fingerprint density at radius 3 is 2.56 bits per heavy atom. The fourth-order valence-electron chi connectivity index (χ4n) is 1.62. The summed E-state index contributed by atoms with van der Waals surface area (Å²) in [6, 6.07) is 0. The van der Waals surface area contributed by atoms with Crippen molar-refractivity contribution >= 4 is 17.0 Å². The molecule has 2 aromatic heterocycles. The molecule has 0 atom stereocenters. The zero-order chi connectivity index (χ0) is 12.1. The lowest BCUT2D eigenvalue weighted by Gasteiger charge is -2.20. The summed E-state index contributed by atoms with van der Waals surface area (Å²) in [4.78, 5) is 16.3. The van der Waals surface area contributed by atoms with Gasteiger partial charge in [0.25, 0.3) is 5.56 Å². The molecular weight excluding hydrogens is 206 g/mol. The number of hydrogen-bond acceptors (Lipinski definition) is 4. The second kappa shape index (κ2) is 3.07. The van der Waals surface area contributed by atoms with Crippen LogP contribution in [-0.2, 0) is 12.6 Å². The smallest absolute Gasteiger partial charge is 0.293 e. The van der Waals surface area contributed by atoms with Crippen molar-refractivity contribution in [3.05, 3.63) is 16.6 Å². The number of nitrogens with two attached hydrogens (primary N) is 1. The van der Waals surface area contributed by atoms with Gasteiger partial charge in [-0.3, -0.25) is 4.79 Å². The molecule has 0 aliphatic heterocycles. The summed E-state index contributed by atoms with van der Waals surface area (Å²) in [6.07, 6.45) is 1.57. The van der Waals surface area contributed by atoms with Gasteiger partial charge in [0.2, 0.25) is 5.95 Å². The zero-order valence-electron chi connectivity index (χ0n) is 9.85. The first kappa shape index (κ1) is 10.7. The lowest BCUT2D eigenvalue weighted by atomic mass is 10.1. The molecule has 16 heavy (non-hydrogen) atoms. The number of aromatic nitrogens is 4. The third kappa shape index (κ3) is 1.37. The molecule has 0 spiro atoms. The third-order valence-corrected chi connectivity index (χ3v) is 2.48. The first-order valence-electron chi connectivity index (χ1n) is 5.03. The molecule has 0 aromatic carbocycles. The average Bonchev–Trinajstić information content (AvgIpc) is 2.41. The molecule has 6 nitrogen and oxygen atoms in total. The van der Waals surface area contributed by atoms with E-state index in [-0.39, 0.29) is 11.1 Å². The van der Waals surface area contributed by atoms with Gasteiger partial charge in [0, 0.05) is 7.05 Å². The van der Waals surface area contributed by atoms with E-state index in [9.17, 15) is 4.79 Å². The fraction of sp³-hybridized carbons (Fsp3) is 0.500. The van der Waals surface area contributed by atoms with Crippen molar-refractivity contribution in [3.8, 4) is 0 Å². The molecular formula is C10H15N5O. The van der Waals surface area contributed by atoms with Gasteiger partial charge in [0.1, 0.15) is 11.0 Å². The number of nitrogens with zero attached hydrogens (tertiary/aromatic N) is 4. The molecule has 86 valence electrons. The molecule has 6 heteroatoms. The lowest BCUT2D eigenvalue weighted by Crippen LogP contribution is -2.36. The highest BCUT2D eigenvalue weighted by atomic mass is 16.1. The molecule has 0 saturated heterocycles. The van der Waals surface area contributed by atoms with Crippen LogP contribution in [0.5, 0.6) is 0 Å². The lowest BCUT2D eigenvalue weighted by molar-refractivity contribution is 0.340. The summed E-state index contributed by atoms with van der Waals surface area (Å²) in [6.45, 7) is 5.77. The number of fused-ring (bicyclic) bond motifs is 1. The molecule has 2 aromatic rings. The summed E-state index contributed by atoms with van der Waals surface area (Å²) < 4.78 is 3.03. The summed E-state index contributed by atoms with van der Waals surface area (Å²) in [5.74, 6) is 0.320. The van der Waals surface area contributed by atoms with Crippen LogP contribution in [0.4, 0.5) is 5.95 Å². The Hall–Kier alpha value is -1.85. The van der Waals surface area contributed by atoms with Crippen molar-refractivity contribution in [2.24, 2.45) is 7.05 Å². The number of rotatable bonds is 0. The normalized spacial score (nSPS) is 12.2. The van der Waals surface area contributed by atoms with Crippen LogP contribution in [0.1, 0.15) is 20.8 Å². The summed E-state index contributed by atoms with van der Waals surface area (Å²) >= 11 is 0. The predicted octanol–water partition coefficient (Wildman–Crippen LogP) is 0.467. The van der Waals surface area contributed by atoms with E-state index in [4.69, 9.17) is 5.73 Å². The fourth-order valence-corrected chi connectivity index (χ4v) is 1.62. The van der Waals surface area contributed by atoms with E-state index in [1.54, 1.807) is 17.8 Å². The summed E-state index contributed by atoms with van der Waals surface area (Å²) in [7, 11) is 1.72. The van der Waals surface area contributed by atoms with Crippen LogP contribution in [0, 0.1) is 0 Å². The molecule has 2 N–H and O–H groups in total. The molecule has 0 unspecified atom stereocenters. The third-order valence-electron chi connectivity index (χ3n) is 2.48. The number of anilines is 1. The average molecular weight is 221 g/mol. The Balaban J connectivity index is 2.90. The van der Waals surface area contributed by atoms with Crippen molar-refractivity contribution in [1.82, 2.24) is 19.3 Å². The Morgan fingerprint density at radius 2 is 2.00 bits per heavy atom. The topological polar surface area (TPSA) is 78.7 Å². The van der Waals surface area contributed by atoms with Gasteiger partial charge in [-0.05, 0) is 20.8 Å². The second-order valence-electron chi connectivity index (χ2n) is 4.80. The van der Waals surface area contributed by atoms with Crippen LogP contribution in [0.15, 0.2) is 11.0 Å². The van der Waals surface area contributed by atoms with Crippen molar-refractivity contribution in [2.45, 2.75) is 26.3 Å². The van der Waals surface area contributed by atoms with Gasteiger partial charge in [-0.25, -0.2) is 9.67 Å². The molecule has 0 saturated carbocycles. The van der Waals surface area contributed by atoms with Gasteiger partial charge in [-0.2, -0.15) is 5.10 Å². The van der Waals surface area contributed by atoms with E-state index >= 15 is 0 Å². The molecule has 0 bridgehead atoms. The van der Waals surface area contributed by atoms with Crippen LogP contribution in [-0.4, -0.2) is 19.3 Å². The molecule has 0 amide bonds. The van der Waals surface area contributed by atoms with Gasteiger partial charge in [0.05, 0.1) is 11.7 Å². The maximum absolute atomic E-state index is 12.2. The van der Waals surface area contributed by atoms with Crippen molar-refractivity contribution < 1.29 is 0 Å². The number of aryl methyl sites for hydroxylation is 1. The van der Waals surface area contributed by atoms with Crippen LogP contribution >= 0.6 is 0 Å². The van der Waals surface area contributed by atoms with E-state index in [0.717, 1.165) is 0 Å². The van der Waals surface area contributed by atoms with E-state index in [2.05, 4.69) is 10.1 Å². The van der Waals surface area contributed by atoms with Gasteiger partial charge in [-0.1, -0.05) is 0 Å². The van der Waals surface area contributed by atoms with Crippen LogP contribution in [0.25, 0.3) is 11.0 Å². The molecule has 2 rings (SSSR count). The van der Waals surface area contributed by atoms with E-state index in [1.165, 1.54) is 4.68 Å². The SMILES string of the molecule is Cn1c(N)nc2cnn(C(C)(C)C)c(=O)c21. The van der Waals surface area contributed by atoms with Crippen molar-refractivity contribution in [3.63, 3.8) is 0 Å². The summed E-state index contributed by atoms with van der Waals surface area (Å²) in [5, 5.41) is 4.10. The minimum Gasteiger partial charge on any atom is -0.369 e. The zero-order valence-corrected chi connectivity index (χ0v) is 9.85. The maximum Gasteiger partial charge on any atom is 0.293 e. The standard InChI is InChI=1S/C10H15N5O/c1-10(2,3)15-8(16)7-6(5-12-15)13-9(11)14(7)4/h5H,1-4H3,(H2,11,13).